The van der Waals surface area contributed by atoms with E-state index in [0.29, 0.717) is 5.92 Å². The van der Waals surface area contributed by atoms with Crippen molar-refractivity contribution in [2.24, 2.45) is 5.92 Å². The fourth-order valence-corrected chi connectivity index (χ4v) is 1.98. The predicted octanol–water partition coefficient (Wildman–Crippen LogP) is 3.39. The first kappa shape index (κ1) is 12.9. The Balaban J connectivity index is 2.96. The molecule has 0 saturated carbocycles. The van der Waals surface area contributed by atoms with Gasteiger partial charge in [-0.05, 0) is 42.4 Å². The molecule has 0 saturated heterocycles. The van der Waals surface area contributed by atoms with Crippen molar-refractivity contribution < 1.29 is 0 Å². The Morgan fingerprint density at radius 3 is 2.44 bits per heavy atom. The Morgan fingerprint density at radius 2 is 1.88 bits per heavy atom. The smallest absolute Gasteiger partial charge is 0.0399 e. The topological polar surface area (TPSA) is 52.0 Å². The number of nitrogens with two attached hydrogens (primary N) is 2. The van der Waals surface area contributed by atoms with Crippen LogP contribution in [-0.2, 0) is 12.8 Å². The van der Waals surface area contributed by atoms with E-state index in [1.54, 1.807) is 0 Å². The second-order valence-corrected chi connectivity index (χ2v) is 4.91. The molecule has 16 heavy (non-hydrogen) atoms. The van der Waals surface area contributed by atoms with Crippen LogP contribution in [0.2, 0.25) is 0 Å². The maximum Gasteiger partial charge on any atom is 0.0399 e. The van der Waals surface area contributed by atoms with Gasteiger partial charge in [0, 0.05) is 11.4 Å². The van der Waals surface area contributed by atoms with E-state index in [-0.39, 0.29) is 0 Å². The summed E-state index contributed by atoms with van der Waals surface area (Å²) in [6, 6.07) is 4.07. The van der Waals surface area contributed by atoms with E-state index >= 15 is 0 Å². The maximum absolute atomic E-state index is 6.19. The van der Waals surface area contributed by atoms with E-state index in [9.17, 15) is 0 Å². The molecule has 0 amide bonds. The minimum atomic E-state index is 0.630. The van der Waals surface area contributed by atoms with Crippen LogP contribution in [0.15, 0.2) is 12.1 Å². The molecule has 90 valence electrons. The average molecular weight is 220 g/mol. The van der Waals surface area contributed by atoms with Crippen molar-refractivity contribution in [3.63, 3.8) is 0 Å². The molecular weight excluding hydrogens is 196 g/mol. The van der Waals surface area contributed by atoms with E-state index in [0.717, 1.165) is 36.2 Å². The molecule has 0 bridgehead atoms. The molecule has 0 fully saturated rings. The molecule has 1 aromatic carbocycles. The standard InChI is InChI=1S/C14H24N2/c1-4-5-6-12-13(15)8-7-11(14(12)16)9-10(2)3/h7-8,10H,4-6,9,15-16H2,1-3H3. The van der Waals surface area contributed by atoms with Crippen molar-refractivity contribution in [3.8, 4) is 0 Å². The molecule has 0 unspecified atom stereocenters. The Labute approximate surface area is 99.0 Å². The van der Waals surface area contributed by atoms with Gasteiger partial charge in [-0.15, -0.1) is 0 Å². The van der Waals surface area contributed by atoms with Crippen molar-refractivity contribution >= 4 is 11.4 Å². The second kappa shape index (κ2) is 5.78. The fraction of sp³-hybridized carbons (Fsp3) is 0.571. The van der Waals surface area contributed by atoms with Crippen LogP contribution in [0.5, 0.6) is 0 Å². The molecule has 0 aliphatic carbocycles. The second-order valence-electron chi connectivity index (χ2n) is 4.91. The Hall–Kier alpha value is -1.18. The highest BCUT2D eigenvalue weighted by molar-refractivity contribution is 5.65. The molecule has 0 radical (unpaired) electrons. The van der Waals surface area contributed by atoms with Crippen molar-refractivity contribution in [1.29, 1.82) is 0 Å². The van der Waals surface area contributed by atoms with Gasteiger partial charge in [0.05, 0.1) is 0 Å². The van der Waals surface area contributed by atoms with Gasteiger partial charge in [-0.3, -0.25) is 0 Å². The lowest BCUT2D eigenvalue weighted by Gasteiger charge is -2.15. The molecule has 2 heteroatoms. The minimum absolute atomic E-state index is 0.630. The summed E-state index contributed by atoms with van der Waals surface area (Å²) < 4.78 is 0. The van der Waals surface area contributed by atoms with Gasteiger partial charge in [0.1, 0.15) is 0 Å². The summed E-state index contributed by atoms with van der Waals surface area (Å²) in [5.74, 6) is 0.630. The molecule has 1 aromatic rings. The summed E-state index contributed by atoms with van der Waals surface area (Å²) >= 11 is 0. The zero-order chi connectivity index (χ0) is 12.1. The van der Waals surface area contributed by atoms with E-state index < -0.39 is 0 Å². The Morgan fingerprint density at radius 1 is 1.19 bits per heavy atom. The number of rotatable bonds is 5. The molecule has 1 rings (SSSR count). The molecule has 0 aromatic heterocycles. The van der Waals surface area contributed by atoms with Crippen LogP contribution in [0, 0.1) is 5.92 Å². The van der Waals surface area contributed by atoms with Gasteiger partial charge in [0.2, 0.25) is 0 Å². The van der Waals surface area contributed by atoms with Gasteiger partial charge >= 0.3 is 0 Å². The Kier molecular flexibility index (Phi) is 4.66. The molecule has 4 N–H and O–H groups in total. The first-order chi connectivity index (χ1) is 7.56. The zero-order valence-electron chi connectivity index (χ0n) is 10.7. The van der Waals surface area contributed by atoms with Gasteiger partial charge in [0.25, 0.3) is 0 Å². The van der Waals surface area contributed by atoms with Crippen LogP contribution < -0.4 is 11.5 Å². The molecule has 0 aliphatic rings. The summed E-state index contributed by atoms with van der Waals surface area (Å²) in [5.41, 5.74) is 16.3. The number of benzene rings is 1. The van der Waals surface area contributed by atoms with Gasteiger partial charge in [-0.2, -0.15) is 0 Å². The molecular formula is C14H24N2. The van der Waals surface area contributed by atoms with Crippen LogP contribution in [0.1, 0.15) is 44.7 Å². The van der Waals surface area contributed by atoms with Crippen LogP contribution in [0.25, 0.3) is 0 Å². The largest absolute Gasteiger partial charge is 0.398 e. The van der Waals surface area contributed by atoms with Crippen LogP contribution >= 0.6 is 0 Å². The first-order valence-electron chi connectivity index (χ1n) is 6.22. The zero-order valence-corrected chi connectivity index (χ0v) is 10.7. The van der Waals surface area contributed by atoms with Crippen molar-refractivity contribution in [1.82, 2.24) is 0 Å². The number of unbranched alkanes of at least 4 members (excludes halogenated alkanes) is 1. The molecule has 0 atom stereocenters. The quantitative estimate of drug-likeness (QED) is 0.747. The van der Waals surface area contributed by atoms with Crippen molar-refractivity contribution in [2.75, 3.05) is 11.5 Å². The van der Waals surface area contributed by atoms with Crippen LogP contribution in [-0.4, -0.2) is 0 Å². The average Bonchev–Trinajstić information content (AvgIpc) is 2.22. The van der Waals surface area contributed by atoms with E-state index in [4.69, 9.17) is 11.5 Å². The molecule has 0 spiro atoms. The lowest BCUT2D eigenvalue weighted by Crippen LogP contribution is -2.06. The van der Waals surface area contributed by atoms with Crippen molar-refractivity contribution in [3.05, 3.63) is 23.3 Å². The predicted molar refractivity (Wildman–Crippen MR) is 72.4 cm³/mol. The summed E-state index contributed by atoms with van der Waals surface area (Å²) in [6.45, 7) is 6.60. The van der Waals surface area contributed by atoms with E-state index in [1.807, 2.05) is 6.07 Å². The minimum Gasteiger partial charge on any atom is -0.398 e. The third kappa shape index (κ3) is 3.16. The van der Waals surface area contributed by atoms with Gasteiger partial charge in [-0.25, -0.2) is 0 Å². The molecule has 0 heterocycles. The fourth-order valence-electron chi connectivity index (χ4n) is 1.98. The summed E-state index contributed by atoms with van der Waals surface area (Å²) in [4.78, 5) is 0. The monoisotopic (exact) mass is 220 g/mol. The number of hydrogen-bond donors (Lipinski definition) is 2. The van der Waals surface area contributed by atoms with Crippen LogP contribution in [0.3, 0.4) is 0 Å². The maximum atomic E-state index is 6.19. The molecule has 2 nitrogen and oxygen atoms in total. The van der Waals surface area contributed by atoms with E-state index in [1.165, 1.54) is 12.0 Å². The summed E-state index contributed by atoms with van der Waals surface area (Å²) in [6.07, 6.45) is 4.36. The highest BCUT2D eigenvalue weighted by atomic mass is 14.6. The van der Waals surface area contributed by atoms with Crippen LogP contribution in [0.4, 0.5) is 11.4 Å². The summed E-state index contributed by atoms with van der Waals surface area (Å²) in [7, 11) is 0. The Bertz CT molecular complexity index is 343. The summed E-state index contributed by atoms with van der Waals surface area (Å²) in [5, 5.41) is 0. The SMILES string of the molecule is CCCCc1c(N)ccc(CC(C)C)c1N. The third-order valence-corrected chi connectivity index (χ3v) is 2.89. The highest BCUT2D eigenvalue weighted by Crippen LogP contribution is 2.27. The van der Waals surface area contributed by atoms with Crippen molar-refractivity contribution in [2.45, 2.75) is 46.5 Å². The lowest BCUT2D eigenvalue weighted by atomic mass is 9.95. The number of hydrogen-bond acceptors (Lipinski definition) is 2. The molecule has 0 aliphatic heterocycles. The lowest BCUT2D eigenvalue weighted by molar-refractivity contribution is 0.647. The van der Waals surface area contributed by atoms with Gasteiger partial charge < -0.3 is 11.5 Å². The normalized spacial score (nSPS) is 11.0. The van der Waals surface area contributed by atoms with Gasteiger partial charge in [0.15, 0.2) is 0 Å². The number of nitrogen functional groups attached to an aromatic ring is 2. The first-order valence-corrected chi connectivity index (χ1v) is 6.22. The third-order valence-electron chi connectivity index (χ3n) is 2.89. The van der Waals surface area contributed by atoms with E-state index in [2.05, 4.69) is 26.8 Å². The number of anilines is 2. The van der Waals surface area contributed by atoms with Gasteiger partial charge in [-0.1, -0.05) is 33.3 Å². The highest BCUT2D eigenvalue weighted by Gasteiger charge is 2.09.